The zero-order valence-electron chi connectivity index (χ0n) is 14.1. The number of benzene rings is 3. The molecule has 0 spiro atoms. The molecule has 2 radical (unpaired) electrons. The van der Waals surface area contributed by atoms with Crippen molar-refractivity contribution in [3.63, 3.8) is 0 Å². The summed E-state index contributed by atoms with van der Waals surface area (Å²) in [5.74, 6) is 2.07. The molecule has 24 heavy (non-hydrogen) atoms. The molecule has 0 atom stereocenters. The molecule has 0 fully saturated rings. The van der Waals surface area contributed by atoms with E-state index in [1.165, 1.54) is 21.7 Å². The van der Waals surface area contributed by atoms with Crippen molar-refractivity contribution in [2.45, 2.75) is 13.8 Å². The van der Waals surface area contributed by atoms with E-state index in [9.17, 15) is 0 Å². The van der Waals surface area contributed by atoms with Crippen LogP contribution in [0.5, 0.6) is 5.75 Å². The molecule has 0 aromatic heterocycles. The van der Waals surface area contributed by atoms with Gasteiger partial charge in [-0.3, -0.25) is 0 Å². The van der Waals surface area contributed by atoms with Crippen molar-refractivity contribution in [1.29, 1.82) is 0 Å². The van der Waals surface area contributed by atoms with Crippen LogP contribution >= 0.6 is 7.92 Å². The molecule has 3 aromatic rings. The molecule has 0 aliphatic heterocycles. The van der Waals surface area contributed by atoms with E-state index in [0.29, 0.717) is 9.76 Å². The molecule has 3 aromatic carbocycles. The second-order valence-electron chi connectivity index (χ2n) is 5.70. The van der Waals surface area contributed by atoms with Crippen LogP contribution < -0.4 is 15.0 Å². The zero-order valence-corrected chi connectivity index (χ0v) is 16.0. The van der Waals surface area contributed by atoms with Gasteiger partial charge in [0.1, 0.15) is 5.75 Å². The van der Waals surface area contributed by atoms with E-state index in [4.69, 9.17) is 4.43 Å². The van der Waals surface area contributed by atoms with Crippen molar-refractivity contribution in [2.75, 3.05) is 5.79 Å². The second kappa shape index (κ2) is 8.28. The van der Waals surface area contributed by atoms with E-state index in [1.807, 2.05) is 0 Å². The largest absolute Gasteiger partial charge is 0.540 e. The molecular formula is C21H21OPSi. The van der Waals surface area contributed by atoms with Crippen LogP contribution in [0, 0.1) is 13.8 Å². The van der Waals surface area contributed by atoms with Crippen LogP contribution in [0.25, 0.3) is 0 Å². The maximum absolute atomic E-state index is 6.14. The Morgan fingerprint density at radius 3 is 1.92 bits per heavy atom. The van der Waals surface area contributed by atoms with E-state index in [1.54, 1.807) is 0 Å². The van der Waals surface area contributed by atoms with Gasteiger partial charge in [-0.15, -0.1) is 0 Å². The van der Waals surface area contributed by atoms with Gasteiger partial charge in [0.05, 0.1) is 0 Å². The lowest BCUT2D eigenvalue weighted by Gasteiger charge is -2.18. The van der Waals surface area contributed by atoms with Crippen molar-refractivity contribution >= 4 is 28.3 Å². The van der Waals surface area contributed by atoms with Crippen molar-refractivity contribution < 1.29 is 4.43 Å². The lowest BCUT2D eigenvalue weighted by Crippen LogP contribution is -2.19. The molecule has 0 unspecified atom stereocenters. The Morgan fingerprint density at radius 1 is 0.750 bits per heavy atom. The molecular weight excluding hydrogens is 327 g/mol. The van der Waals surface area contributed by atoms with Gasteiger partial charge < -0.3 is 4.43 Å². The Hall–Kier alpha value is -1.89. The van der Waals surface area contributed by atoms with E-state index in [-0.39, 0.29) is 7.92 Å². The fourth-order valence-electron chi connectivity index (χ4n) is 2.56. The summed E-state index contributed by atoms with van der Waals surface area (Å²) in [6.45, 7) is 4.26. The summed E-state index contributed by atoms with van der Waals surface area (Å²) >= 11 is 0. The third-order valence-electron chi connectivity index (χ3n) is 4.10. The average molecular weight is 348 g/mol. The first-order valence-electron chi connectivity index (χ1n) is 8.09. The first-order chi connectivity index (χ1) is 11.8. The molecule has 0 aliphatic carbocycles. The van der Waals surface area contributed by atoms with Crippen molar-refractivity contribution in [1.82, 2.24) is 0 Å². The molecule has 0 bridgehead atoms. The highest BCUT2D eigenvalue weighted by atomic mass is 31.1. The maximum Gasteiger partial charge on any atom is 0.316 e. The van der Waals surface area contributed by atoms with Crippen molar-refractivity contribution in [2.24, 2.45) is 0 Å². The Bertz CT molecular complexity index is 735. The van der Waals surface area contributed by atoms with Crippen molar-refractivity contribution in [3.05, 3.63) is 90.0 Å². The summed E-state index contributed by atoms with van der Waals surface area (Å²) in [6.07, 6.45) is 0. The lowest BCUT2D eigenvalue weighted by atomic mass is 10.1. The van der Waals surface area contributed by atoms with Gasteiger partial charge in [-0.05, 0) is 49.6 Å². The first kappa shape index (κ1) is 16.9. The fraction of sp³-hybridized carbons (Fsp3) is 0.143. The molecule has 0 saturated heterocycles. The quantitative estimate of drug-likeness (QED) is 0.474. The highest BCUT2D eigenvalue weighted by Gasteiger charge is 2.15. The van der Waals surface area contributed by atoms with Crippen LogP contribution in [-0.2, 0) is 0 Å². The zero-order chi connectivity index (χ0) is 16.8. The third kappa shape index (κ3) is 4.14. The number of hydrogen-bond donors (Lipinski definition) is 0. The third-order valence-corrected chi connectivity index (χ3v) is 8.08. The van der Waals surface area contributed by atoms with Gasteiger partial charge in [0.15, 0.2) is 0 Å². The maximum atomic E-state index is 6.14. The van der Waals surface area contributed by atoms with Crippen LogP contribution in [0.1, 0.15) is 11.1 Å². The standard InChI is InChI=1S/C21H21OPSi/c1-17-10-9-15-21(18(17)2)22-24-16-23(19-11-5-3-6-12-19)20-13-7-4-8-14-20/h3-15H,16H2,1-2H3. The minimum absolute atomic E-state index is 0.377. The van der Waals surface area contributed by atoms with E-state index in [2.05, 4.69) is 92.7 Å². The smallest absolute Gasteiger partial charge is 0.316 e. The predicted octanol–water partition coefficient (Wildman–Crippen LogP) is 4.39. The molecule has 1 nitrogen and oxygen atoms in total. The van der Waals surface area contributed by atoms with Gasteiger partial charge in [-0.2, -0.15) is 0 Å². The van der Waals surface area contributed by atoms with Gasteiger partial charge >= 0.3 is 9.76 Å². The number of aryl methyl sites for hydroxylation is 1. The molecule has 0 N–H and O–H groups in total. The van der Waals surface area contributed by atoms with Gasteiger partial charge in [0.2, 0.25) is 0 Å². The van der Waals surface area contributed by atoms with Crippen molar-refractivity contribution in [3.8, 4) is 5.75 Å². The summed E-state index contributed by atoms with van der Waals surface area (Å²) in [4.78, 5) is 0. The Kier molecular flexibility index (Phi) is 5.85. The van der Waals surface area contributed by atoms with Gasteiger partial charge in [-0.1, -0.05) is 72.8 Å². The topological polar surface area (TPSA) is 9.23 Å². The Labute approximate surface area is 148 Å². The fourth-order valence-corrected chi connectivity index (χ4v) is 6.53. The molecule has 0 saturated carbocycles. The van der Waals surface area contributed by atoms with Gasteiger partial charge in [0.25, 0.3) is 0 Å². The molecule has 3 heteroatoms. The summed E-state index contributed by atoms with van der Waals surface area (Å²) in [6, 6.07) is 27.9. The van der Waals surface area contributed by atoms with Crippen LogP contribution in [0.3, 0.4) is 0 Å². The molecule has 120 valence electrons. The van der Waals surface area contributed by atoms with E-state index >= 15 is 0 Å². The van der Waals surface area contributed by atoms with E-state index < -0.39 is 0 Å². The first-order valence-corrected chi connectivity index (χ1v) is 10.7. The monoisotopic (exact) mass is 348 g/mol. The highest BCUT2D eigenvalue weighted by molar-refractivity contribution is 7.74. The van der Waals surface area contributed by atoms with Crippen LogP contribution in [0.2, 0.25) is 0 Å². The highest BCUT2D eigenvalue weighted by Crippen LogP contribution is 2.32. The minimum atomic E-state index is -0.377. The minimum Gasteiger partial charge on any atom is -0.540 e. The van der Waals surface area contributed by atoms with Crippen LogP contribution in [-0.4, -0.2) is 15.5 Å². The van der Waals surface area contributed by atoms with Crippen LogP contribution in [0.4, 0.5) is 0 Å². The Balaban J connectivity index is 1.74. The lowest BCUT2D eigenvalue weighted by molar-refractivity contribution is 0.592. The summed E-state index contributed by atoms with van der Waals surface area (Å²) in [5.41, 5.74) is 2.53. The normalized spacial score (nSPS) is 10.8. The summed E-state index contributed by atoms with van der Waals surface area (Å²) in [7, 11) is 0.0855. The average Bonchev–Trinajstić information content (AvgIpc) is 2.63. The summed E-state index contributed by atoms with van der Waals surface area (Å²) in [5, 5.41) is 2.83. The predicted molar refractivity (Wildman–Crippen MR) is 106 cm³/mol. The van der Waals surface area contributed by atoms with Crippen LogP contribution in [0.15, 0.2) is 78.9 Å². The molecule has 0 aliphatic rings. The molecule has 0 heterocycles. The van der Waals surface area contributed by atoms with E-state index in [0.717, 1.165) is 11.5 Å². The van der Waals surface area contributed by atoms with Gasteiger partial charge in [-0.25, -0.2) is 0 Å². The number of rotatable bonds is 6. The summed E-state index contributed by atoms with van der Waals surface area (Å²) < 4.78 is 6.14. The number of hydrogen-bond acceptors (Lipinski definition) is 1. The molecule has 0 amide bonds. The molecule has 3 rings (SSSR count). The second-order valence-corrected chi connectivity index (χ2v) is 9.35. The van der Waals surface area contributed by atoms with Gasteiger partial charge in [0, 0.05) is 5.79 Å². The Morgan fingerprint density at radius 2 is 1.33 bits per heavy atom. The SMILES string of the molecule is Cc1cccc(O[Si]CP(c2ccccc2)c2ccccc2)c1C.